The number of hydrogen-bond acceptors (Lipinski definition) is 6. The second-order valence-electron chi connectivity index (χ2n) is 5.57. The van der Waals surface area contributed by atoms with Crippen LogP contribution >= 0.6 is 0 Å². The van der Waals surface area contributed by atoms with Gasteiger partial charge in [0.05, 0.1) is 0 Å². The number of anilines is 1. The van der Waals surface area contributed by atoms with Gasteiger partial charge < -0.3 is 15.3 Å². The van der Waals surface area contributed by atoms with Gasteiger partial charge in [-0.3, -0.25) is 10.1 Å². The number of fused-ring (bicyclic) bond motifs is 3. The van der Waals surface area contributed by atoms with Crippen LogP contribution in [0.25, 0.3) is 21.8 Å². The molecule has 0 radical (unpaired) electrons. The maximum absolute atomic E-state index is 11.3. The number of hydrogen-bond donors (Lipinski definition) is 3. The largest absolute Gasteiger partial charge is 0.476 e. The number of nitrogens with zero attached hydrogens (tertiary/aromatic N) is 4. The summed E-state index contributed by atoms with van der Waals surface area (Å²) in [7, 11) is 4.05. The molecule has 23 heavy (non-hydrogen) atoms. The van der Waals surface area contributed by atoms with Gasteiger partial charge in [-0.15, -0.1) is 0 Å². The predicted octanol–water partition coefficient (Wildman–Crippen LogP) is 1.57. The summed E-state index contributed by atoms with van der Waals surface area (Å²) in [6, 6.07) is 1.85. The molecule has 3 heterocycles. The molecule has 0 aromatic carbocycles. The molecule has 3 N–H and O–H groups in total. The Morgan fingerprint density at radius 1 is 1.35 bits per heavy atom. The number of rotatable bonds is 6. The molecular weight excluding hydrogens is 296 g/mol. The van der Waals surface area contributed by atoms with Crippen molar-refractivity contribution in [3.8, 4) is 0 Å². The smallest absolute Gasteiger partial charge is 0.356 e. The summed E-state index contributed by atoms with van der Waals surface area (Å²) in [6.45, 7) is 1.70. The van der Waals surface area contributed by atoms with E-state index >= 15 is 0 Å². The molecule has 3 aromatic heterocycles. The summed E-state index contributed by atoms with van der Waals surface area (Å²) < 4.78 is 0. The average molecular weight is 314 g/mol. The summed E-state index contributed by atoms with van der Waals surface area (Å²) in [5.74, 6) is -0.431. The van der Waals surface area contributed by atoms with Crippen molar-refractivity contribution in [1.82, 2.24) is 25.1 Å². The third-order valence-corrected chi connectivity index (χ3v) is 3.58. The minimum absolute atomic E-state index is 0.0119. The molecule has 3 aromatic rings. The second kappa shape index (κ2) is 6.17. The molecule has 0 aliphatic heterocycles. The lowest BCUT2D eigenvalue weighted by atomic mass is 10.1. The van der Waals surface area contributed by atoms with Gasteiger partial charge in [0, 0.05) is 29.7 Å². The van der Waals surface area contributed by atoms with Gasteiger partial charge in [0.1, 0.15) is 16.9 Å². The van der Waals surface area contributed by atoms with Gasteiger partial charge in [-0.05, 0) is 33.1 Å². The summed E-state index contributed by atoms with van der Waals surface area (Å²) >= 11 is 0. The van der Waals surface area contributed by atoms with E-state index in [4.69, 9.17) is 0 Å². The van der Waals surface area contributed by atoms with Crippen molar-refractivity contribution in [2.45, 2.75) is 6.42 Å². The third kappa shape index (κ3) is 2.93. The predicted molar refractivity (Wildman–Crippen MR) is 87.8 cm³/mol. The first-order chi connectivity index (χ1) is 11.1. The Balaban J connectivity index is 2.03. The summed E-state index contributed by atoms with van der Waals surface area (Å²) in [5, 5.41) is 20.8. The Bertz CT molecular complexity index is 858. The van der Waals surface area contributed by atoms with Gasteiger partial charge in [-0.1, -0.05) is 0 Å². The lowest BCUT2D eigenvalue weighted by Crippen LogP contribution is -2.16. The molecule has 8 nitrogen and oxygen atoms in total. The normalized spacial score (nSPS) is 11.4. The first-order valence-electron chi connectivity index (χ1n) is 7.31. The SMILES string of the molecule is CN(C)CCCNc1nc2c(C(=O)O)[nH]nc2c2cnccc12. The summed E-state index contributed by atoms with van der Waals surface area (Å²) in [6.07, 6.45) is 4.32. The standard InChI is InChI=1S/C15H18N6O2/c1-21(2)7-3-5-17-14-9-4-6-16-8-10(9)11-12(18-14)13(15(22)23)20-19-11/h4,6,8H,3,5,7H2,1-2H3,(H,17,18)(H,19,20)(H,22,23). The molecule has 0 spiro atoms. The van der Waals surface area contributed by atoms with Gasteiger partial charge in [0.25, 0.3) is 0 Å². The van der Waals surface area contributed by atoms with E-state index in [1.807, 2.05) is 20.2 Å². The van der Waals surface area contributed by atoms with Crippen molar-refractivity contribution in [2.24, 2.45) is 0 Å². The van der Waals surface area contributed by atoms with E-state index in [0.717, 1.165) is 30.3 Å². The lowest BCUT2D eigenvalue weighted by molar-refractivity contribution is 0.0692. The van der Waals surface area contributed by atoms with Crippen LogP contribution in [0.3, 0.4) is 0 Å². The number of pyridine rings is 2. The molecule has 0 bridgehead atoms. The highest BCUT2D eigenvalue weighted by Gasteiger charge is 2.18. The van der Waals surface area contributed by atoms with E-state index in [1.165, 1.54) is 0 Å². The van der Waals surface area contributed by atoms with E-state index in [1.54, 1.807) is 12.4 Å². The average Bonchev–Trinajstić information content (AvgIpc) is 2.95. The molecule has 0 aliphatic carbocycles. The van der Waals surface area contributed by atoms with Crippen molar-refractivity contribution in [3.63, 3.8) is 0 Å². The first kappa shape index (κ1) is 15.2. The maximum atomic E-state index is 11.3. The van der Waals surface area contributed by atoms with Gasteiger partial charge in [-0.25, -0.2) is 9.78 Å². The number of nitrogens with one attached hydrogen (secondary N) is 2. The fourth-order valence-corrected chi connectivity index (χ4v) is 2.48. The molecule has 0 amide bonds. The van der Waals surface area contributed by atoms with Crippen molar-refractivity contribution < 1.29 is 9.90 Å². The Morgan fingerprint density at radius 2 is 2.17 bits per heavy atom. The van der Waals surface area contributed by atoms with Crippen LogP contribution in [0.5, 0.6) is 0 Å². The molecule has 3 rings (SSSR count). The van der Waals surface area contributed by atoms with Crippen LogP contribution in [0.15, 0.2) is 18.5 Å². The molecule has 0 saturated carbocycles. The van der Waals surface area contributed by atoms with Crippen LogP contribution in [0.1, 0.15) is 16.9 Å². The van der Waals surface area contributed by atoms with Crippen LogP contribution in [0.2, 0.25) is 0 Å². The molecule has 120 valence electrons. The minimum Gasteiger partial charge on any atom is -0.476 e. The number of carboxylic acids is 1. The molecule has 8 heteroatoms. The Kier molecular flexibility index (Phi) is 4.07. The first-order valence-corrected chi connectivity index (χ1v) is 7.31. The quantitative estimate of drug-likeness (QED) is 0.593. The Labute approximate surface area is 132 Å². The van der Waals surface area contributed by atoms with Crippen molar-refractivity contribution in [2.75, 3.05) is 32.5 Å². The number of carboxylic acid groups (broad SMARTS) is 1. The van der Waals surface area contributed by atoms with Crippen molar-refractivity contribution in [3.05, 3.63) is 24.2 Å². The maximum Gasteiger partial charge on any atom is 0.356 e. The molecule has 0 saturated heterocycles. The number of aromatic amines is 1. The van der Waals surface area contributed by atoms with Crippen molar-refractivity contribution in [1.29, 1.82) is 0 Å². The molecule has 0 aliphatic rings. The van der Waals surface area contributed by atoms with Crippen molar-refractivity contribution >= 4 is 33.6 Å². The van der Waals surface area contributed by atoms with E-state index in [0.29, 0.717) is 16.9 Å². The zero-order chi connectivity index (χ0) is 16.4. The van der Waals surface area contributed by atoms with Gasteiger partial charge >= 0.3 is 5.97 Å². The highest BCUT2D eigenvalue weighted by Crippen LogP contribution is 2.28. The zero-order valence-electron chi connectivity index (χ0n) is 13.0. The van der Waals surface area contributed by atoms with E-state index in [2.05, 4.69) is 30.4 Å². The number of aromatic carboxylic acids is 1. The third-order valence-electron chi connectivity index (χ3n) is 3.58. The highest BCUT2D eigenvalue weighted by molar-refractivity contribution is 6.12. The summed E-state index contributed by atoms with van der Waals surface area (Å²) in [4.78, 5) is 22.0. The topological polar surface area (TPSA) is 107 Å². The molecule has 0 fully saturated rings. The van der Waals surface area contributed by atoms with Crippen LogP contribution in [-0.2, 0) is 0 Å². The summed E-state index contributed by atoms with van der Waals surface area (Å²) in [5.41, 5.74) is 0.847. The number of carbonyl (C=O) groups is 1. The molecular formula is C15H18N6O2. The fraction of sp³-hybridized carbons (Fsp3) is 0.333. The van der Waals surface area contributed by atoms with Gasteiger partial charge in [0.2, 0.25) is 0 Å². The van der Waals surface area contributed by atoms with Crippen LogP contribution in [0, 0.1) is 0 Å². The van der Waals surface area contributed by atoms with Crippen LogP contribution in [-0.4, -0.2) is 63.3 Å². The lowest BCUT2D eigenvalue weighted by Gasteiger charge is -2.12. The van der Waals surface area contributed by atoms with Crippen LogP contribution in [0.4, 0.5) is 5.82 Å². The number of aromatic nitrogens is 4. The van der Waals surface area contributed by atoms with Gasteiger partial charge in [-0.2, -0.15) is 5.10 Å². The fourth-order valence-electron chi connectivity index (χ4n) is 2.48. The zero-order valence-corrected chi connectivity index (χ0v) is 13.0. The number of H-pyrrole nitrogens is 1. The van der Waals surface area contributed by atoms with Gasteiger partial charge in [0.15, 0.2) is 5.69 Å². The molecule has 0 unspecified atom stereocenters. The highest BCUT2D eigenvalue weighted by atomic mass is 16.4. The van der Waals surface area contributed by atoms with E-state index in [-0.39, 0.29) is 5.69 Å². The Hall–Kier alpha value is -2.74. The second-order valence-corrected chi connectivity index (χ2v) is 5.57. The Morgan fingerprint density at radius 3 is 2.91 bits per heavy atom. The van der Waals surface area contributed by atoms with E-state index < -0.39 is 5.97 Å². The monoisotopic (exact) mass is 314 g/mol. The minimum atomic E-state index is -1.08. The molecule has 0 atom stereocenters. The van der Waals surface area contributed by atoms with E-state index in [9.17, 15) is 9.90 Å². The van der Waals surface area contributed by atoms with Crippen LogP contribution < -0.4 is 5.32 Å².